The predicted octanol–water partition coefficient (Wildman–Crippen LogP) is 1.56. The van der Waals surface area contributed by atoms with Crippen LogP contribution in [0.1, 0.15) is 11.1 Å². The molecule has 0 saturated heterocycles. The first kappa shape index (κ1) is 13.2. The molecule has 0 unspecified atom stereocenters. The Hall–Kier alpha value is -2.27. The quantitative estimate of drug-likeness (QED) is 0.850. The Morgan fingerprint density at radius 2 is 1.37 bits per heavy atom. The van der Waals surface area contributed by atoms with Crippen molar-refractivity contribution in [2.75, 3.05) is 6.54 Å². The lowest BCUT2D eigenvalue weighted by Gasteiger charge is -2.20. The molecule has 1 N–H and O–H groups in total. The Bertz CT molecular complexity index is 475. The molecule has 5 nitrogen and oxygen atoms in total. The highest BCUT2D eigenvalue weighted by molar-refractivity contribution is 5.69. The van der Waals surface area contributed by atoms with Gasteiger partial charge < -0.3 is 5.11 Å². The number of carbonyl (C=O) groups is 1. The molecule has 0 aliphatic carbocycles. The normalized spacial score (nSPS) is 10.6. The maximum absolute atomic E-state index is 10.9. The molecule has 0 aromatic carbocycles. The Morgan fingerprint density at radius 3 is 1.74 bits per heavy atom. The van der Waals surface area contributed by atoms with Gasteiger partial charge in [0.15, 0.2) is 0 Å². The van der Waals surface area contributed by atoms with Crippen LogP contribution in [-0.4, -0.2) is 32.5 Å². The second kappa shape index (κ2) is 6.61. The number of aromatic nitrogens is 2. The van der Waals surface area contributed by atoms with Crippen LogP contribution >= 0.6 is 0 Å². The molecular formula is C14H15N3O2. The lowest BCUT2D eigenvalue weighted by atomic mass is 10.2. The minimum absolute atomic E-state index is 0.00461. The van der Waals surface area contributed by atoms with E-state index in [-0.39, 0.29) is 6.54 Å². The summed E-state index contributed by atoms with van der Waals surface area (Å²) in [7, 11) is 0. The largest absolute Gasteiger partial charge is 0.480 e. The van der Waals surface area contributed by atoms with Gasteiger partial charge in [0.25, 0.3) is 0 Å². The van der Waals surface area contributed by atoms with Crippen LogP contribution in [0.3, 0.4) is 0 Å². The second-order valence-corrected chi connectivity index (χ2v) is 4.25. The van der Waals surface area contributed by atoms with E-state index in [0.717, 1.165) is 11.1 Å². The van der Waals surface area contributed by atoms with Gasteiger partial charge >= 0.3 is 5.97 Å². The molecule has 0 aliphatic heterocycles. The molecule has 2 rings (SSSR count). The summed E-state index contributed by atoms with van der Waals surface area (Å²) in [5.41, 5.74) is 2.09. The van der Waals surface area contributed by atoms with E-state index in [0.29, 0.717) is 13.1 Å². The summed E-state index contributed by atoms with van der Waals surface area (Å²) in [6.07, 6.45) is 6.84. The van der Waals surface area contributed by atoms with E-state index in [1.807, 2.05) is 29.2 Å². The van der Waals surface area contributed by atoms with Gasteiger partial charge in [-0.1, -0.05) is 0 Å². The SMILES string of the molecule is O=C(O)CN(Cc1ccncc1)Cc1ccncc1. The van der Waals surface area contributed by atoms with Gasteiger partial charge in [0.1, 0.15) is 0 Å². The van der Waals surface area contributed by atoms with E-state index in [9.17, 15) is 4.79 Å². The third-order valence-corrected chi connectivity index (χ3v) is 2.67. The Kier molecular flexibility index (Phi) is 4.58. The number of hydrogen-bond donors (Lipinski definition) is 1. The monoisotopic (exact) mass is 257 g/mol. The molecule has 0 atom stereocenters. The van der Waals surface area contributed by atoms with Gasteiger partial charge in [-0.3, -0.25) is 19.7 Å². The van der Waals surface area contributed by atoms with Crippen LogP contribution in [0, 0.1) is 0 Å². The molecule has 0 saturated carbocycles. The number of carboxylic acid groups (broad SMARTS) is 1. The third-order valence-electron chi connectivity index (χ3n) is 2.67. The maximum Gasteiger partial charge on any atom is 0.317 e. The molecule has 98 valence electrons. The van der Waals surface area contributed by atoms with Crippen molar-refractivity contribution in [3.8, 4) is 0 Å². The molecule has 5 heteroatoms. The van der Waals surface area contributed by atoms with Gasteiger partial charge in [-0.25, -0.2) is 0 Å². The van der Waals surface area contributed by atoms with Gasteiger partial charge in [0.05, 0.1) is 6.54 Å². The predicted molar refractivity (Wildman–Crippen MR) is 70.2 cm³/mol. The summed E-state index contributed by atoms with van der Waals surface area (Å²) in [4.78, 5) is 20.7. The van der Waals surface area contributed by atoms with E-state index >= 15 is 0 Å². The maximum atomic E-state index is 10.9. The smallest absolute Gasteiger partial charge is 0.317 e. The molecule has 2 aromatic heterocycles. The molecule has 0 bridgehead atoms. The number of hydrogen-bond acceptors (Lipinski definition) is 4. The van der Waals surface area contributed by atoms with E-state index in [1.165, 1.54) is 0 Å². The lowest BCUT2D eigenvalue weighted by molar-refractivity contribution is -0.138. The van der Waals surface area contributed by atoms with Crippen molar-refractivity contribution in [1.82, 2.24) is 14.9 Å². The Labute approximate surface area is 111 Å². The average molecular weight is 257 g/mol. The number of rotatable bonds is 6. The molecule has 19 heavy (non-hydrogen) atoms. The molecule has 0 radical (unpaired) electrons. The highest BCUT2D eigenvalue weighted by Crippen LogP contribution is 2.08. The number of nitrogens with zero attached hydrogens (tertiary/aromatic N) is 3. The van der Waals surface area contributed by atoms with Crippen LogP contribution in [0.15, 0.2) is 49.1 Å². The van der Waals surface area contributed by atoms with Crippen molar-refractivity contribution in [3.05, 3.63) is 60.2 Å². The van der Waals surface area contributed by atoms with Crippen molar-refractivity contribution in [1.29, 1.82) is 0 Å². The highest BCUT2D eigenvalue weighted by Gasteiger charge is 2.11. The van der Waals surface area contributed by atoms with Crippen LogP contribution in [0.5, 0.6) is 0 Å². The van der Waals surface area contributed by atoms with Gasteiger partial charge in [0, 0.05) is 37.9 Å². The van der Waals surface area contributed by atoms with Crippen LogP contribution in [-0.2, 0) is 17.9 Å². The van der Waals surface area contributed by atoms with Gasteiger partial charge in [-0.15, -0.1) is 0 Å². The Morgan fingerprint density at radius 1 is 0.947 bits per heavy atom. The zero-order chi connectivity index (χ0) is 13.5. The fourth-order valence-electron chi connectivity index (χ4n) is 1.85. The molecule has 0 amide bonds. The fraction of sp³-hybridized carbons (Fsp3) is 0.214. The summed E-state index contributed by atoms with van der Waals surface area (Å²) in [5.74, 6) is -0.830. The van der Waals surface area contributed by atoms with Crippen molar-refractivity contribution in [2.24, 2.45) is 0 Å². The number of carboxylic acids is 1. The van der Waals surface area contributed by atoms with E-state index in [1.54, 1.807) is 24.8 Å². The molecule has 0 fully saturated rings. The summed E-state index contributed by atoms with van der Waals surface area (Å²) < 4.78 is 0. The van der Waals surface area contributed by atoms with Gasteiger partial charge in [-0.05, 0) is 35.4 Å². The van der Waals surface area contributed by atoms with Gasteiger partial charge in [-0.2, -0.15) is 0 Å². The van der Waals surface area contributed by atoms with Crippen molar-refractivity contribution >= 4 is 5.97 Å². The molecule has 0 spiro atoms. The lowest BCUT2D eigenvalue weighted by Crippen LogP contribution is -2.28. The zero-order valence-corrected chi connectivity index (χ0v) is 10.4. The molecule has 2 aromatic rings. The topological polar surface area (TPSA) is 66.3 Å². The zero-order valence-electron chi connectivity index (χ0n) is 10.4. The number of pyridine rings is 2. The first-order chi connectivity index (χ1) is 9.24. The first-order valence-corrected chi connectivity index (χ1v) is 5.96. The second-order valence-electron chi connectivity index (χ2n) is 4.25. The average Bonchev–Trinajstić information content (AvgIpc) is 2.40. The Balaban J connectivity index is 2.06. The summed E-state index contributed by atoms with van der Waals surface area (Å²) in [5, 5.41) is 8.97. The summed E-state index contributed by atoms with van der Waals surface area (Å²) in [6, 6.07) is 7.56. The summed E-state index contributed by atoms with van der Waals surface area (Å²) >= 11 is 0. The summed E-state index contributed by atoms with van der Waals surface area (Å²) in [6.45, 7) is 1.17. The van der Waals surface area contributed by atoms with Crippen LogP contribution in [0.25, 0.3) is 0 Å². The minimum atomic E-state index is -0.830. The molecule has 0 aliphatic rings. The fourth-order valence-corrected chi connectivity index (χ4v) is 1.85. The van der Waals surface area contributed by atoms with Gasteiger partial charge in [0.2, 0.25) is 0 Å². The first-order valence-electron chi connectivity index (χ1n) is 5.96. The standard InChI is InChI=1S/C14H15N3O2/c18-14(19)11-17(9-12-1-5-15-6-2-12)10-13-3-7-16-8-4-13/h1-8H,9-11H2,(H,18,19). The van der Waals surface area contributed by atoms with Crippen molar-refractivity contribution < 1.29 is 9.90 Å². The van der Waals surface area contributed by atoms with Crippen LogP contribution < -0.4 is 0 Å². The molecule has 2 heterocycles. The van der Waals surface area contributed by atoms with Crippen molar-refractivity contribution in [3.63, 3.8) is 0 Å². The van der Waals surface area contributed by atoms with Crippen LogP contribution in [0.4, 0.5) is 0 Å². The minimum Gasteiger partial charge on any atom is -0.480 e. The van der Waals surface area contributed by atoms with E-state index in [2.05, 4.69) is 9.97 Å². The third kappa shape index (κ3) is 4.48. The molecular weight excluding hydrogens is 242 g/mol. The van der Waals surface area contributed by atoms with Crippen molar-refractivity contribution in [2.45, 2.75) is 13.1 Å². The van der Waals surface area contributed by atoms with E-state index < -0.39 is 5.97 Å². The van der Waals surface area contributed by atoms with E-state index in [4.69, 9.17) is 5.11 Å². The number of aliphatic carboxylic acids is 1. The highest BCUT2D eigenvalue weighted by atomic mass is 16.4. The van der Waals surface area contributed by atoms with Crippen LogP contribution in [0.2, 0.25) is 0 Å².